The molecule has 0 fully saturated rings. The zero-order chi connectivity index (χ0) is 15.5. The highest BCUT2D eigenvalue weighted by atomic mass is 16.5. The molecule has 0 radical (unpaired) electrons. The van der Waals surface area contributed by atoms with Gasteiger partial charge in [0.2, 0.25) is 0 Å². The van der Waals surface area contributed by atoms with E-state index in [9.17, 15) is 4.79 Å². The maximum atomic E-state index is 12.2. The molecule has 0 unspecified atom stereocenters. The summed E-state index contributed by atoms with van der Waals surface area (Å²) in [7, 11) is 0. The Morgan fingerprint density at radius 3 is 2.57 bits per heavy atom. The first-order chi connectivity index (χ1) is 9.94. The Kier molecular flexibility index (Phi) is 4.31. The van der Waals surface area contributed by atoms with Crippen LogP contribution in [0.4, 0.5) is 10.5 Å². The Morgan fingerprint density at radius 1 is 1.29 bits per heavy atom. The predicted molar refractivity (Wildman–Crippen MR) is 82.2 cm³/mol. The van der Waals surface area contributed by atoms with Crippen LogP contribution in [0.25, 0.3) is 0 Å². The summed E-state index contributed by atoms with van der Waals surface area (Å²) in [5, 5.41) is 9.72. The number of anilines is 1. The van der Waals surface area contributed by atoms with Gasteiger partial charge in [-0.1, -0.05) is 42.4 Å². The Balaban J connectivity index is 2.10. The number of hydrogen-bond donors (Lipinski definition) is 2. The van der Waals surface area contributed by atoms with Crippen LogP contribution < -0.4 is 10.6 Å². The van der Waals surface area contributed by atoms with Crippen molar-refractivity contribution in [1.82, 2.24) is 10.5 Å². The lowest BCUT2D eigenvalue weighted by Gasteiger charge is -2.27. The Hall–Kier alpha value is -2.30. The van der Waals surface area contributed by atoms with Crippen molar-refractivity contribution < 1.29 is 9.32 Å². The third kappa shape index (κ3) is 3.42. The topological polar surface area (TPSA) is 67.2 Å². The minimum atomic E-state index is -0.469. The van der Waals surface area contributed by atoms with E-state index in [0.717, 1.165) is 11.3 Å². The fourth-order valence-corrected chi connectivity index (χ4v) is 2.18. The van der Waals surface area contributed by atoms with Crippen molar-refractivity contribution in [2.45, 2.75) is 39.7 Å². The number of urea groups is 1. The van der Waals surface area contributed by atoms with Crippen LogP contribution in [0.1, 0.15) is 37.8 Å². The van der Waals surface area contributed by atoms with Gasteiger partial charge in [-0.25, -0.2) is 4.79 Å². The summed E-state index contributed by atoms with van der Waals surface area (Å²) in [6.07, 6.45) is 0.703. The number of nitrogens with zero attached hydrogens (tertiary/aromatic N) is 1. The van der Waals surface area contributed by atoms with Gasteiger partial charge in [-0.05, 0) is 32.8 Å². The number of amides is 2. The quantitative estimate of drug-likeness (QED) is 0.902. The first-order valence-electron chi connectivity index (χ1n) is 7.04. The van der Waals surface area contributed by atoms with Gasteiger partial charge in [0.05, 0.1) is 5.54 Å². The number of hydrogen-bond acceptors (Lipinski definition) is 3. The average molecular weight is 287 g/mol. The van der Waals surface area contributed by atoms with Crippen LogP contribution in [-0.4, -0.2) is 11.2 Å². The molecule has 1 aromatic heterocycles. The van der Waals surface area contributed by atoms with Crippen molar-refractivity contribution >= 4 is 11.7 Å². The van der Waals surface area contributed by atoms with E-state index in [-0.39, 0.29) is 6.03 Å². The van der Waals surface area contributed by atoms with Crippen molar-refractivity contribution in [1.29, 1.82) is 0 Å². The summed E-state index contributed by atoms with van der Waals surface area (Å²) < 4.78 is 5.11. The fraction of sp³-hybridized carbons (Fsp3) is 0.375. The largest absolute Gasteiger partial charge is 0.359 e. The van der Waals surface area contributed by atoms with Gasteiger partial charge in [0.15, 0.2) is 5.76 Å². The summed E-state index contributed by atoms with van der Waals surface area (Å²) in [4.78, 5) is 12.2. The number of benzene rings is 1. The predicted octanol–water partition coefficient (Wildman–Crippen LogP) is 3.60. The molecule has 0 atom stereocenters. The first-order valence-corrected chi connectivity index (χ1v) is 7.04. The SMILES string of the molecule is CCc1noc(C)c1NC(=O)NC(C)(C)c1ccccc1. The van der Waals surface area contributed by atoms with E-state index in [1.54, 1.807) is 6.92 Å². The van der Waals surface area contributed by atoms with Crippen LogP contribution in [0.15, 0.2) is 34.9 Å². The van der Waals surface area contributed by atoms with Gasteiger partial charge in [0, 0.05) is 0 Å². The van der Waals surface area contributed by atoms with Gasteiger partial charge >= 0.3 is 6.03 Å². The van der Waals surface area contributed by atoms with Crippen LogP contribution in [-0.2, 0) is 12.0 Å². The van der Waals surface area contributed by atoms with Crippen LogP contribution in [0, 0.1) is 6.92 Å². The van der Waals surface area contributed by atoms with E-state index in [0.29, 0.717) is 17.9 Å². The van der Waals surface area contributed by atoms with E-state index in [1.165, 1.54) is 0 Å². The standard InChI is InChI=1S/C16H21N3O2/c1-5-13-14(11(2)21-19-13)17-15(20)18-16(3,4)12-9-7-6-8-10-12/h6-10H,5H2,1-4H3,(H2,17,18,20). The lowest BCUT2D eigenvalue weighted by Crippen LogP contribution is -2.43. The number of carbonyl (C=O) groups excluding carboxylic acids is 1. The highest BCUT2D eigenvalue weighted by Gasteiger charge is 2.23. The van der Waals surface area contributed by atoms with E-state index in [2.05, 4.69) is 15.8 Å². The number of nitrogens with one attached hydrogen (secondary N) is 2. The fourth-order valence-electron chi connectivity index (χ4n) is 2.18. The average Bonchev–Trinajstić information content (AvgIpc) is 2.80. The molecule has 0 bridgehead atoms. The van der Waals surface area contributed by atoms with Gasteiger partial charge in [-0.2, -0.15) is 0 Å². The molecule has 0 saturated carbocycles. The molecule has 21 heavy (non-hydrogen) atoms. The highest BCUT2D eigenvalue weighted by molar-refractivity contribution is 5.90. The molecule has 0 aliphatic carbocycles. The smallest absolute Gasteiger partial charge is 0.320 e. The lowest BCUT2D eigenvalue weighted by atomic mass is 9.95. The second kappa shape index (κ2) is 5.99. The molecule has 1 aromatic carbocycles. The van der Waals surface area contributed by atoms with Crippen LogP contribution >= 0.6 is 0 Å². The summed E-state index contributed by atoms with van der Waals surface area (Å²) in [5.74, 6) is 0.611. The van der Waals surface area contributed by atoms with Crippen molar-refractivity contribution in [3.8, 4) is 0 Å². The minimum Gasteiger partial charge on any atom is -0.359 e. The number of aryl methyl sites for hydroxylation is 2. The highest BCUT2D eigenvalue weighted by Crippen LogP contribution is 2.22. The summed E-state index contributed by atoms with van der Waals surface area (Å²) in [5.41, 5.74) is 1.97. The Morgan fingerprint density at radius 2 is 1.95 bits per heavy atom. The molecular formula is C16H21N3O2. The van der Waals surface area contributed by atoms with Gasteiger partial charge < -0.3 is 15.2 Å². The minimum absolute atomic E-state index is 0.273. The molecule has 0 aliphatic rings. The van der Waals surface area contributed by atoms with Crippen LogP contribution in [0.3, 0.4) is 0 Å². The second-order valence-corrected chi connectivity index (χ2v) is 5.48. The third-order valence-electron chi connectivity index (χ3n) is 3.43. The second-order valence-electron chi connectivity index (χ2n) is 5.48. The van der Waals surface area contributed by atoms with E-state index >= 15 is 0 Å². The molecule has 5 nitrogen and oxygen atoms in total. The summed E-state index contributed by atoms with van der Waals surface area (Å²) in [6.45, 7) is 7.67. The first kappa shape index (κ1) is 15.1. The maximum Gasteiger partial charge on any atom is 0.320 e. The molecule has 0 aliphatic heterocycles. The van der Waals surface area contributed by atoms with Gasteiger partial charge in [-0.15, -0.1) is 0 Å². The van der Waals surface area contributed by atoms with Crippen molar-refractivity contribution in [3.63, 3.8) is 0 Å². The maximum absolute atomic E-state index is 12.2. The van der Waals surface area contributed by atoms with E-state index < -0.39 is 5.54 Å². The third-order valence-corrected chi connectivity index (χ3v) is 3.43. The van der Waals surface area contributed by atoms with Gasteiger partial charge in [0.1, 0.15) is 11.4 Å². The zero-order valence-corrected chi connectivity index (χ0v) is 12.9. The van der Waals surface area contributed by atoms with Crippen molar-refractivity contribution in [2.75, 3.05) is 5.32 Å². The van der Waals surface area contributed by atoms with Gasteiger partial charge in [-0.3, -0.25) is 0 Å². The summed E-state index contributed by atoms with van der Waals surface area (Å²) in [6, 6.07) is 9.56. The molecular weight excluding hydrogens is 266 g/mol. The molecule has 2 N–H and O–H groups in total. The molecule has 0 spiro atoms. The van der Waals surface area contributed by atoms with Crippen LogP contribution in [0.5, 0.6) is 0 Å². The van der Waals surface area contributed by atoms with Crippen molar-refractivity contribution in [2.24, 2.45) is 0 Å². The molecule has 2 aromatic rings. The Bertz CT molecular complexity index is 618. The number of carbonyl (C=O) groups is 1. The zero-order valence-electron chi connectivity index (χ0n) is 12.9. The lowest BCUT2D eigenvalue weighted by molar-refractivity contribution is 0.242. The number of aromatic nitrogens is 1. The molecule has 5 heteroatoms. The molecule has 0 saturated heterocycles. The molecule has 112 valence electrons. The Labute approximate surface area is 124 Å². The van der Waals surface area contributed by atoms with Gasteiger partial charge in [0.25, 0.3) is 0 Å². The summed E-state index contributed by atoms with van der Waals surface area (Å²) >= 11 is 0. The van der Waals surface area contributed by atoms with E-state index in [4.69, 9.17) is 4.52 Å². The number of rotatable bonds is 4. The van der Waals surface area contributed by atoms with E-state index in [1.807, 2.05) is 51.1 Å². The molecule has 2 rings (SSSR count). The molecule has 2 amide bonds. The molecule has 1 heterocycles. The van der Waals surface area contributed by atoms with Crippen molar-refractivity contribution in [3.05, 3.63) is 47.3 Å². The van der Waals surface area contributed by atoms with Crippen LogP contribution in [0.2, 0.25) is 0 Å². The monoisotopic (exact) mass is 287 g/mol. The normalized spacial score (nSPS) is 11.2.